The fraction of sp³-hybridized carbons (Fsp3) is 0.625. The number of pyridine rings is 1. The summed E-state index contributed by atoms with van der Waals surface area (Å²) in [5.74, 6) is 0.468. The summed E-state index contributed by atoms with van der Waals surface area (Å²) in [6, 6.07) is 4.31. The summed E-state index contributed by atoms with van der Waals surface area (Å²) in [7, 11) is 0. The van der Waals surface area contributed by atoms with E-state index in [1.165, 1.54) is 5.56 Å². The molecule has 1 aromatic rings. The summed E-state index contributed by atoms with van der Waals surface area (Å²) in [6.07, 6.45) is 2.58. The maximum absolute atomic E-state index is 11.4. The fourth-order valence-electron chi connectivity index (χ4n) is 2.63. The molecule has 5 heteroatoms. The number of rotatable bonds is 7. The van der Waals surface area contributed by atoms with Gasteiger partial charge < -0.3 is 15.0 Å². The first-order valence-corrected chi connectivity index (χ1v) is 7.66. The van der Waals surface area contributed by atoms with Crippen molar-refractivity contribution in [3.63, 3.8) is 0 Å². The molecule has 1 fully saturated rings. The Balaban J connectivity index is 1.84. The van der Waals surface area contributed by atoms with Gasteiger partial charge in [-0.1, -0.05) is 19.9 Å². The first-order valence-electron chi connectivity index (χ1n) is 7.66. The molecule has 1 aliphatic heterocycles. The van der Waals surface area contributed by atoms with E-state index in [1.807, 2.05) is 12.3 Å². The highest BCUT2D eigenvalue weighted by molar-refractivity contribution is 5.69. The summed E-state index contributed by atoms with van der Waals surface area (Å²) in [6.45, 7) is 9.34. The van der Waals surface area contributed by atoms with E-state index in [9.17, 15) is 4.79 Å². The van der Waals surface area contributed by atoms with Crippen molar-refractivity contribution in [2.75, 3.05) is 26.2 Å². The molecule has 2 heterocycles. The van der Waals surface area contributed by atoms with Crippen molar-refractivity contribution in [1.82, 2.24) is 15.2 Å². The summed E-state index contributed by atoms with van der Waals surface area (Å²) >= 11 is 0. The number of amides is 1. The Labute approximate surface area is 126 Å². The number of carbonyl (C=O) groups is 1. The van der Waals surface area contributed by atoms with Gasteiger partial charge in [0.25, 0.3) is 0 Å². The van der Waals surface area contributed by atoms with Crippen molar-refractivity contribution in [2.24, 2.45) is 5.92 Å². The molecule has 0 saturated carbocycles. The molecule has 0 spiro atoms. The zero-order valence-corrected chi connectivity index (χ0v) is 13.1. The van der Waals surface area contributed by atoms with E-state index in [4.69, 9.17) is 4.74 Å². The maximum atomic E-state index is 11.4. The Morgan fingerprint density at radius 1 is 1.48 bits per heavy atom. The Kier molecular flexibility index (Phi) is 5.56. The SMILES string of the molecule is Cc1cccnc1[C@@H](NCCCN1CCOC1=O)C(C)C. The van der Waals surface area contributed by atoms with E-state index in [0.717, 1.165) is 25.2 Å². The van der Waals surface area contributed by atoms with Crippen LogP contribution in [0.1, 0.15) is 37.6 Å². The van der Waals surface area contributed by atoms with Gasteiger partial charge in [-0.3, -0.25) is 4.98 Å². The van der Waals surface area contributed by atoms with Crippen LogP contribution in [0.5, 0.6) is 0 Å². The van der Waals surface area contributed by atoms with Crippen LogP contribution >= 0.6 is 0 Å². The predicted octanol–water partition coefficient (Wildman–Crippen LogP) is 2.52. The molecule has 0 aliphatic carbocycles. The normalized spacial score (nSPS) is 16.4. The molecule has 1 aromatic heterocycles. The largest absolute Gasteiger partial charge is 0.448 e. The molecule has 2 rings (SSSR count). The minimum absolute atomic E-state index is 0.184. The van der Waals surface area contributed by atoms with Crippen LogP contribution < -0.4 is 5.32 Å². The lowest BCUT2D eigenvalue weighted by Crippen LogP contribution is -2.32. The highest BCUT2D eigenvalue weighted by Crippen LogP contribution is 2.22. The lowest BCUT2D eigenvalue weighted by atomic mass is 9.97. The molecular weight excluding hydrogens is 266 g/mol. The number of cyclic esters (lactones) is 1. The van der Waals surface area contributed by atoms with E-state index in [0.29, 0.717) is 19.1 Å². The molecular formula is C16H25N3O2. The molecule has 1 aliphatic rings. The van der Waals surface area contributed by atoms with Crippen LogP contribution in [0.3, 0.4) is 0 Å². The highest BCUT2D eigenvalue weighted by Gasteiger charge is 2.22. The minimum atomic E-state index is -0.184. The molecule has 116 valence electrons. The quantitative estimate of drug-likeness (QED) is 0.784. The zero-order valence-electron chi connectivity index (χ0n) is 13.1. The van der Waals surface area contributed by atoms with Gasteiger partial charge >= 0.3 is 6.09 Å². The molecule has 1 atom stereocenters. The number of aryl methyl sites for hydroxylation is 1. The molecule has 1 N–H and O–H groups in total. The number of nitrogens with zero attached hydrogens (tertiary/aromatic N) is 2. The van der Waals surface area contributed by atoms with Crippen LogP contribution in [0, 0.1) is 12.8 Å². The molecule has 0 aromatic carbocycles. The summed E-state index contributed by atoms with van der Waals surface area (Å²) in [5.41, 5.74) is 2.33. The fourth-order valence-corrected chi connectivity index (χ4v) is 2.63. The Morgan fingerprint density at radius 3 is 2.90 bits per heavy atom. The van der Waals surface area contributed by atoms with Gasteiger partial charge in [-0.2, -0.15) is 0 Å². The Hall–Kier alpha value is -1.62. The summed E-state index contributed by atoms with van der Waals surface area (Å²) < 4.78 is 4.92. The Morgan fingerprint density at radius 2 is 2.29 bits per heavy atom. The minimum Gasteiger partial charge on any atom is -0.448 e. The van der Waals surface area contributed by atoms with Crippen molar-refractivity contribution < 1.29 is 9.53 Å². The zero-order chi connectivity index (χ0) is 15.2. The van der Waals surface area contributed by atoms with Gasteiger partial charge in [0.05, 0.1) is 18.3 Å². The number of aromatic nitrogens is 1. The topological polar surface area (TPSA) is 54.5 Å². The Bertz CT molecular complexity index is 476. The highest BCUT2D eigenvalue weighted by atomic mass is 16.6. The van der Waals surface area contributed by atoms with Gasteiger partial charge in [0.2, 0.25) is 0 Å². The van der Waals surface area contributed by atoms with E-state index in [-0.39, 0.29) is 12.1 Å². The van der Waals surface area contributed by atoms with Gasteiger partial charge in [-0.15, -0.1) is 0 Å². The monoisotopic (exact) mass is 291 g/mol. The average Bonchev–Trinajstić information content (AvgIpc) is 2.85. The van der Waals surface area contributed by atoms with Crippen LogP contribution in [0.15, 0.2) is 18.3 Å². The standard InChI is InChI=1S/C16H25N3O2/c1-12(2)14(15-13(3)6-4-7-18-15)17-8-5-9-19-10-11-21-16(19)20/h4,6-7,12,14,17H,5,8-11H2,1-3H3/t14-/m0/s1. The third-order valence-corrected chi connectivity index (χ3v) is 3.83. The second-order valence-electron chi connectivity index (χ2n) is 5.84. The van der Waals surface area contributed by atoms with E-state index < -0.39 is 0 Å². The van der Waals surface area contributed by atoms with Crippen LogP contribution in [-0.2, 0) is 4.74 Å². The van der Waals surface area contributed by atoms with E-state index in [2.05, 4.69) is 37.1 Å². The van der Waals surface area contributed by atoms with Crippen molar-refractivity contribution in [1.29, 1.82) is 0 Å². The van der Waals surface area contributed by atoms with E-state index >= 15 is 0 Å². The molecule has 5 nitrogen and oxygen atoms in total. The number of carbonyl (C=O) groups excluding carboxylic acids is 1. The average molecular weight is 291 g/mol. The lowest BCUT2D eigenvalue weighted by molar-refractivity contribution is 0.158. The molecule has 1 amide bonds. The van der Waals surface area contributed by atoms with Crippen LogP contribution in [0.2, 0.25) is 0 Å². The van der Waals surface area contributed by atoms with Gasteiger partial charge in [0.15, 0.2) is 0 Å². The summed E-state index contributed by atoms with van der Waals surface area (Å²) in [5, 5.41) is 3.57. The van der Waals surface area contributed by atoms with Crippen LogP contribution in [0.4, 0.5) is 4.79 Å². The molecule has 0 bridgehead atoms. The third-order valence-electron chi connectivity index (χ3n) is 3.83. The van der Waals surface area contributed by atoms with Crippen LogP contribution in [-0.4, -0.2) is 42.2 Å². The number of nitrogens with one attached hydrogen (secondary N) is 1. The smallest absolute Gasteiger partial charge is 0.409 e. The second kappa shape index (κ2) is 7.41. The molecule has 1 saturated heterocycles. The summed E-state index contributed by atoms with van der Waals surface area (Å²) in [4.78, 5) is 17.6. The van der Waals surface area contributed by atoms with Crippen molar-refractivity contribution in [2.45, 2.75) is 33.2 Å². The first-order chi connectivity index (χ1) is 10.1. The maximum Gasteiger partial charge on any atom is 0.409 e. The lowest BCUT2D eigenvalue weighted by Gasteiger charge is -2.24. The van der Waals surface area contributed by atoms with Crippen molar-refractivity contribution >= 4 is 6.09 Å². The predicted molar refractivity (Wildman–Crippen MR) is 82.1 cm³/mol. The van der Waals surface area contributed by atoms with Gasteiger partial charge in [-0.05, 0) is 37.4 Å². The van der Waals surface area contributed by atoms with Gasteiger partial charge in [-0.25, -0.2) is 4.79 Å². The molecule has 0 unspecified atom stereocenters. The number of ether oxygens (including phenoxy) is 1. The third kappa shape index (κ3) is 4.17. The molecule has 0 radical (unpaired) electrons. The van der Waals surface area contributed by atoms with Crippen molar-refractivity contribution in [3.05, 3.63) is 29.6 Å². The first kappa shape index (κ1) is 15.8. The van der Waals surface area contributed by atoms with Crippen molar-refractivity contribution in [3.8, 4) is 0 Å². The van der Waals surface area contributed by atoms with Crippen LogP contribution in [0.25, 0.3) is 0 Å². The van der Waals surface area contributed by atoms with E-state index in [1.54, 1.807) is 4.90 Å². The number of hydrogen-bond donors (Lipinski definition) is 1. The second-order valence-corrected chi connectivity index (χ2v) is 5.84. The van der Waals surface area contributed by atoms with Gasteiger partial charge in [0.1, 0.15) is 6.61 Å². The number of hydrogen-bond acceptors (Lipinski definition) is 4. The molecule has 21 heavy (non-hydrogen) atoms. The van der Waals surface area contributed by atoms with Gasteiger partial charge in [0, 0.05) is 12.7 Å².